The van der Waals surface area contributed by atoms with E-state index < -0.39 is 5.41 Å². The fourth-order valence-corrected chi connectivity index (χ4v) is 3.32. The highest BCUT2D eigenvalue weighted by atomic mass is 35.5. The van der Waals surface area contributed by atoms with Crippen molar-refractivity contribution in [3.63, 3.8) is 0 Å². The van der Waals surface area contributed by atoms with Crippen LogP contribution < -0.4 is 5.73 Å². The second-order valence-electron chi connectivity index (χ2n) is 6.03. The van der Waals surface area contributed by atoms with E-state index in [1.54, 1.807) is 12.1 Å². The van der Waals surface area contributed by atoms with Gasteiger partial charge in [0.25, 0.3) is 0 Å². The fourth-order valence-electron chi connectivity index (χ4n) is 3.32. The van der Waals surface area contributed by atoms with Gasteiger partial charge in [0.05, 0.1) is 5.41 Å². The van der Waals surface area contributed by atoms with Crippen LogP contribution in [-0.2, 0) is 22.5 Å². The number of nitrogens with two attached hydrogens (primary N) is 1. The number of phenols is 1. The smallest absolute Gasteiger partial charge is 0.230 e. The zero-order chi connectivity index (χ0) is 14.9. The van der Waals surface area contributed by atoms with Crippen LogP contribution in [0.1, 0.15) is 24.0 Å². The zero-order valence-corrected chi connectivity index (χ0v) is 13.4. The zero-order valence-electron chi connectivity index (χ0n) is 12.6. The average molecular weight is 327 g/mol. The number of rotatable bonds is 2. The lowest BCUT2D eigenvalue weighted by Gasteiger charge is -2.40. The normalized spacial score (nSPS) is 20.0. The highest BCUT2D eigenvalue weighted by Gasteiger charge is 2.42. The van der Waals surface area contributed by atoms with Crippen LogP contribution in [0.25, 0.3) is 0 Å². The first-order valence-corrected chi connectivity index (χ1v) is 7.53. The molecule has 1 fully saturated rings. The van der Waals surface area contributed by atoms with Gasteiger partial charge in [0.1, 0.15) is 5.75 Å². The van der Waals surface area contributed by atoms with Gasteiger partial charge in [-0.1, -0.05) is 6.07 Å². The van der Waals surface area contributed by atoms with Crippen molar-refractivity contribution < 1.29 is 14.6 Å². The predicted octanol–water partition coefficient (Wildman–Crippen LogP) is 1.45. The quantitative estimate of drug-likeness (QED) is 0.862. The Bertz CT molecular complexity index is 544. The number of aromatic hydroxyl groups is 1. The number of ether oxygens (including phenoxy) is 1. The molecule has 6 heteroatoms. The second-order valence-corrected chi connectivity index (χ2v) is 6.03. The molecule has 2 aliphatic heterocycles. The Balaban J connectivity index is 0.00000176. The van der Waals surface area contributed by atoms with Gasteiger partial charge in [0.2, 0.25) is 5.91 Å². The van der Waals surface area contributed by atoms with Crippen molar-refractivity contribution >= 4 is 18.3 Å². The van der Waals surface area contributed by atoms with Crippen molar-refractivity contribution in [3.8, 4) is 5.75 Å². The van der Waals surface area contributed by atoms with Crippen molar-refractivity contribution in [2.24, 2.45) is 11.1 Å². The van der Waals surface area contributed by atoms with E-state index in [2.05, 4.69) is 0 Å². The summed E-state index contributed by atoms with van der Waals surface area (Å²) < 4.78 is 5.38. The molecule has 0 saturated carbocycles. The molecule has 1 aromatic rings. The Morgan fingerprint density at radius 1 is 1.32 bits per heavy atom. The predicted molar refractivity (Wildman–Crippen MR) is 86.0 cm³/mol. The lowest BCUT2D eigenvalue weighted by atomic mass is 9.78. The van der Waals surface area contributed by atoms with Gasteiger partial charge in [-0.25, -0.2) is 0 Å². The van der Waals surface area contributed by atoms with Gasteiger partial charge < -0.3 is 20.5 Å². The summed E-state index contributed by atoms with van der Waals surface area (Å²) in [6, 6.07) is 5.41. The Morgan fingerprint density at radius 2 is 2.05 bits per heavy atom. The summed E-state index contributed by atoms with van der Waals surface area (Å²) in [6.45, 7) is 2.87. The number of hydrogen-bond acceptors (Lipinski definition) is 4. The number of fused-ring (bicyclic) bond motifs is 1. The Labute approximate surface area is 136 Å². The van der Waals surface area contributed by atoms with Crippen LogP contribution in [0.4, 0.5) is 0 Å². The van der Waals surface area contributed by atoms with Crippen LogP contribution in [0.15, 0.2) is 18.2 Å². The third kappa shape index (κ3) is 3.07. The SMILES string of the molecule is Cl.NCC1(C(=O)N2CCc3ccc(O)cc3C2)CCOCC1. The lowest BCUT2D eigenvalue weighted by molar-refractivity contribution is -0.148. The van der Waals surface area contributed by atoms with Crippen molar-refractivity contribution in [1.29, 1.82) is 0 Å². The molecule has 3 N–H and O–H groups in total. The van der Waals surface area contributed by atoms with Gasteiger partial charge >= 0.3 is 0 Å². The van der Waals surface area contributed by atoms with E-state index in [1.165, 1.54) is 5.56 Å². The number of halogens is 1. The summed E-state index contributed by atoms with van der Waals surface area (Å²) >= 11 is 0. The number of hydrogen-bond donors (Lipinski definition) is 2. The van der Waals surface area contributed by atoms with Gasteiger partial charge in [-0.3, -0.25) is 4.79 Å². The summed E-state index contributed by atoms with van der Waals surface area (Å²) in [7, 11) is 0. The number of carbonyl (C=O) groups excluding carboxylic acids is 1. The summed E-state index contributed by atoms with van der Waals surface area (Å²) in [5.41, 5.74) is 7.71. The monoisotopic (exact) mass is 326 g/mol. The number of carbonyl (C=O) groups is 1. The van der Waals surface area contributed by atoms with E-state index in [9.17, 15) is 9.90 Å². The molecule has 0 aromatic heterocycles. The first-order chi connectivity index (χ1) is 10.1. The molecule has 5 nitrogen and oxygen atoms in total. The standard InChI is InChI=1S/C16H22N2O3.ClH/c17-11-16(4-7-21-8-5-16)15(20)18-6-3-12-1-2-14(19)9-13(12)10-18;/h1-2,9,19H,3-8,10-11,17H2;1H. The molecule has 122 valence electrons. The summed E-state index contributed by atoms with van der Waals surface area (Å²) in [4.78, 5) is 14.8. The first-order valence-electron chi connectivity index (χ1n) is 7.53. The lowest BCUT2D eigenvalue weighted by Crippen LogP contribution is -2.51. The summed E-state index contributed by atoms with van der Waals surface area (Å²) in [5, 5.41) is 9.62. The summed E-state index contributed by atoms with van der Waals surface area (Å²) in [5.74, 6) is 0.393. The van der Waals surface area contributed by atoms with Crippen molar-refractivity contribution in [3.05, 3.63) is 29.3 Å². The van der Waals surface area contributed by atoms with E-state index in [0.29, 0.717) is 39.1 Å². The van der Waals surface area contributed by atoms with Crippen LogP contribution in [0.3, 0.4) is 0 Å². The van der Waals surface area contributed by atoms with E-state index in [-0.39, 0.29) is 24.1 Å². The molecule has 0 atom stereocenters. The molecule has 0 spiro atoms. The molecule has 1 aromatic carbocycles. The Kier molecular flexibility index (Phi) is 5.32. The van der Waals surface area contributed by atoms with Crippen LogP contribution >= 0.6 is 12.4 Å². The first kappa shape index (κ1) is 17.1. The molecule has 2 aliphatic rings. The van der Waals surface area contributed by atoms with Crippen LogP contribution in [0.5, 0.6) is 5.75 Å². The minimum Gasteiger partial charge on any atom is -0.508 e. The largest absolute Gasteiger partial charge is 0.508 e. The molecule has 1 amide bonds. The minimum absolute atomic E-state index is 0. The van der Waals surface area contributed by atoms with Gasteiger partial charge in [-0.2, -0.15) is 0 Å². The maximum absolute atomic E-state index is 12.9. The Morgan fingerprint density at radius 3 is 2.73 bits per heavy atom. The third-order valence-electron chi connectivity index (χ3n) is 4.78. The summed E-state index contributed by atoms with van der Waals surface area (Å²) in [6.07, 6.45) is 2.23. The van der Waals surface area contributed by atoms with Crippen molar-refractivity contribution in [2.45, 2.75) is 25.8 Å². The highest BCUT2D eigenvalue weighted by molar-refractivity contribution is 5.85. The van der Waals surface area contributed by atoms with E-state index in [4.69, 9.17) is 10.5 Å². The number of amides is 1. The number of benzene rings is 1. The topological polar surface area (TPSA) is 75.8 Å². The highest BCUT2D eigenvalue weighted by Crippen LogP contribution is 2.34. The van der Waals surface area contributed by atoms with Gasteiger partial charge in [-0.15, -0.1) is 12.4 Å². The van der Waals surface area contributed by atoms with Crippen LogP contribution in [0.2, 0.25) is 0 Å². The average Bonchev–Trinajstić information content (AvgIpc) is 2.54. The van der Waals surface area contributed by atoms with Crippen molar-refractivity contribution in [1.82, 2.24) is 4.90 Å². The van der Waals surface area contributed by atoms with E-state index >= 15 is 0 Å². The van der Waals surface area contributed by atoms with Crippen LogP contribution in [0, 0.1) is 5.41 Å². The minimum atomic E-state index is -0.466. The molecule has 3 rings (SSSR count). The molecule has 0 unspecified atom stereocenters. The van der Waals surface area contributed by atoms with Crippen molar-refractivity contribution in [2.75, 3.05) is 26.3 Å². The van der Waals surface area contributed by atoms with E-state index in [0.717, 1.165) is 18.5 Å². The molecule has 1 saturated heterocycles. The molecule has 0 radical (unpaired) electrons. The van der Waals surface area contributed by atoms with Gasteiger partial charge in [0, 0.05) is 32.8 Å². The molecule has 2 heterocycles. The molecular formula is C16H23ClN2O3. The molecule has 22 heavy (non-hydrogen) atoms. The number of nitrogens with zero attached hydrogens (tertiary/aromatic N) is 1. The van der Waals surface area contributed by atoms with Crippen LogP contribution in [-0.4, -0.2) is 42.2 Å². The fraction of sp³-hybridized carbons (Fsp3) is 0.562. The van der Waals surface area contributed by atoms with E-state index in [1.807, 2.05) is 11.0 Å². The molecular weight excluding hydrogens is 304 g/mol. The Hall–Kier alpha value is -1.30. The van der Waals surface area contributed by atoms with Gasteiger partial charge in [0.15, 0.2) is 0 Å². The maximum atomic E-state index is 12.9. The second kappa shape index (κ2) is 6.86. The molecule has 0 bridgehead atoms. The third-order valence-corrected chi connectivity index (χ3v) is 4.78. The molecule has 0 aliphatic carbocycles. The maximum Gasteiger partial charge on any atom is 0.230 e. The number of phenolic OH excluding ortho intramolecular Hbond substituents is 1. The van der Waals surface area contributed by atoms with Gasteiger partial charge in [-0.05, 0) is 42.5 Å².